The fraction of sp³-hybridized carbons (Fsp3) is 0.158. The van der Waals surface area contributed by atoms with Gasteiger partial charge in [0.1, 0.15) is 5.82 Å². The minimum Gasteiger partial charge on any atom is -0.493 e. The van der Waals surface area contributed by atoms with Crippen molar-refractivity contribution in [3.63, 3.8) is 0 Å². The van der Waals surface area contributed by atoms with Crippen molar-refractivity contribution in [1.29, 1.82) is 0 Å². The SMILES string of the molecule is COc1ccc(NC(N)=NCc2ccc(-n3ccnc3)c(F)c2)cc1OC. The summed E-state index contributed by atoms with van der Waals surface area (Å²) < 4.78 is 26.3. The van der Waals surface area contributed by atoms with Crippen LogP contribution in [0.15, 0.2) is 60.1 Å². The molecule has 7 nitrogen and oxygen atoms in total. The van der Waals surface area contributed by atoms with Crippen molar-refractivity contribution in [2.24, 2.45) is 10.7 Å². The fourth-order valence-electron chi connectivity index (χ4n) is 2.54. The maximum Gasteiger partial charge on any atom is 0.193 e. The Hall–Kier alpha value is -3.55. The Balaban J connectivity index is 1.68. The van der Waals surface area contributed by atoms with E-state index in [1.807, 2.05) is 0 Å². The quantitative estimate of drug-likeness (QED) is 0.515. The largest absolute Gasteiger partial charge is 0.493 e. The predicted octanol–water partition coefficient (Wildman–Crippen LogP) is 2.96. The summed E-state index contributed by atoms with van der Waals surface area (Å²) in [5, 5.41) is 2.97. The Kier molecular flexibility index (Phi) is 5.55. The van der Waals surface area contributed by atoms with Gasteiger partial charge in [-0.25, -0.2) is 14.4 Å². The molecule has 8 heteroatoms. The number of halogens is 1. The molecule has 2 aromatic carbocycles. The van der Waals surface area contributed by atoms with Gasteiger partial charge in [0.25, 0.3) is 0 Å². The molecule has 1 heterocycles. The third kappa shape index (κ3) is 4.35. The Labute approximate surface area is 156 Å². The van der Waals surface area contributed by atoms with Crippen LogP contribution < -0.4 is 20.5 Å². The number of hydrogen-bond acceptors (Lipinski definition) is 4. The second-order valence-corrected chi connectivity index (χ2v) is 5.65. The number of guanidine groups is 1. The molecule has 1 aromatic heterocycles. The molecule has 27 heavy (non-hydrogen) atoms. The number of nitrogens with one attached hydrogen (secondary N) is 1. The number of benzene rings is 2. The molecule has 140 valence electrons. The lowest BCUT2D eigenvalue weighted by Crippen LogP contribution is -2.22. The van der Waals surface area contributed by atoms with Crippen LogP contribution in [-0.4, -0.2) is 29.7 Å². The smallest absolute Gasteiger partial charge is 0.193 e. The molecule has 0 unspecified atom stereocenters. The lowest BCUT2D eigenvalue weighted by Gasteiger charge is -2.11. The molecule has 0 aliphatic carbocycles. The van der Waals surface area contributed by atoms with Crippen LogP contribution in [0.25, 0.3) is 5.69 Å². The minimum absolute atomic E-state index is 0.210. The van der Waals surface area contributed by atoms with Gasteiger partial charge in [-0.15, -0.1) is 0 Å². The van der Waals surface area contributed by atoms with Gasteiger partial charge in [-0.05, 0) is 29.8 Å². The molecule has 0 aliphatic rings. The zero-order valence-electron chi connectivity index (χ0n) is 15.0. The van der Waals surface area contributed by atoms with Gasteiger partial charge in [0.15, 0.2) is 17.5 Å². The number of anilines is 1. The standard InChI is InChI=1S/C19H20FN5O2/c1-26-17-6-4-14(10-18(17)27-2)24-19(21)23-11-13-3-5-16(15(20)9-13)25-8-7-22-12-25/h3-10,12H,11H2,1-2H3,(H3,21,23,24). The average Bonchev–Trinajstić information content (AvgIpc) is 3.20. The second-order valence-electron chi connectivity index (χ2n) is 5.65. The molecule has 3 rings (SSSR count). The Morgan fingerprint density at radius 2 is 2.00 bits per heavy atom. The summed E-state index contributed by atoms with van der Waals surface area (Å²) >= 11 is 0. The van der Waals surface area contributed by atoms with E-state index < -0.39 is 0 Å². The van der Waals surface area contributed by atoms with Crippen LogP contribution in [0.3, 0.4) is 0 Å². The number of hydrogen-bond donors (Lipinski definition) is 2. The Morgan fingerprint density at radius 1 is 1.19 bits per heavy atom. The van der Waals surface area contributed by atoms with Crippen LogP contribution in [0.1, 0.15) is 5.56 Å². The Morgan fingerprint density at radius 3 is 2.67 bits per heavy atom. The van der Waals surface area contributed by atoms with Crippen LogP contribution in [0.2, 0.25) is 0 Å². The summed E-state index contributed by atoms with van der Waals surface area (Å²) in [6, 6.07) is 10.2. The third-order valence-corrected chi connectivity index (χ3v) is 3.88. The van der Waals surface area contributed by atoms with Crippen molar-refractivity contribution in [2.75, 3.05) is 19.5 Å². The first-order chi connectivity index (χ1) is 13.1. The number of nitrogens with two attached hydrogens (primary N) is 1. The molecule has 3 aromatic rings. The lowest BCUT2D eigenvalue weighted by atomic mass is 10.2. The maximum absolute atomic E-state index is 14.3. The maximum atomic E-state index is 14.3. The summed E-state index contributed by atoms with van der Waals surface area (Å²) in [4.78, 5) is 8.16. The number of aliphatic imine (C=N–C) groups is 1. The number of nitrogens with zero attached hydrogens (tertiary/aromatic N) is 3. The van der Waals surface area contributed by atoms with Crippen molar-refractivity contribution >= 4 is 11.6 Å². The fourth-order valence-corrected chi connectivity index (χ4v) is 2.54. The first kappa shape index (κ1) is 18.2. The zero-order chi connectivity index (χ0) is 19.2. The molecule has 0 aliphatic heterocycles. The molecule has 0 saturated carbocycles. The van der Waals surface area contributed by atoms with Crippen molar-refractivity contribution in [3.05, 3.63) is 66.5 Å². The van der Waals surface area contributed by atoms with E-state index in [1.54, 1.807) is 67.8 Å². The molecule has 0 spiro atoms. The van der Waals surface area contributed by atoms with Crippen molar-refractivity contribution < 1.29 is 13.9 Å². The van der Waals surface area contributed by atoms with E-state index in [0.29, 0.717) is 28.4 Å². The number of aromatic nitrogens is 2. The average molecular weight is 369 g/mol. The first-order valence-corrected chi connectivity index (χ1v) is 8.16. The summed E-state index contributed by atoms with van der Waals surface area (Å²) in [7, 11) is 3.12. The van der Waals surface area contributed by atoms with Crippen molar-refractivity contribution in [3.8, 4) is 17.2 Å². The van der Waals surface area contributed by atoms with Crippen molar-refractivity contribution in [1.82, 2.24) is 9.55 Å². The normalized spacial score (nSPS) is 11.3. The summed E-state index contributed by atoms with van der Waals surface area (Å²) in [6.07, 6.45) is 4.82. The molecule has 0 fully saturated rings. The summed E-state index contributed by atoms with van der Waals surface area (Å²) in [5.41, 5.74) is 7.76. The molecule has 0 saturated heterocycles. The molecule has 0 bridgehead atoms. The van der Waals surface area contributed by atoms with Gasteiger partial charge in [-0.2, -0.15) is 0 Å². The van der Waals surface area contributed by atoms with E-state index in [4.69, 9.17) is 15.2 Å². The molecule has 0 amide bonds. The van der Waals surface area contributed by atoms with E-state index in [-0.39, 0.29) is 18.3 Å². The molecule has 3 N–H and O–H groups in total. The van der Waals surface area contributed by atoms with Crippen LogP contribution in [0.5, 0.6) is 11.5 Å². The van der Waals surface area contributed by atoms with Crippen LogP contribution in [-0.2, 0) is 6.54 Å². The van der Waals surface area contributed by atoms with Gasteiger partial charge < -0.3 is 25.1 Å². The van der Waals surface area contributed by atoms with E-state index in [0.717, 1.165) is 0 Å². The third-order valence-electron chi connectivity index (χ3n) is 3.88. The van der Waals surface area contributed by atoms with E-state index >= 15 is 0 Å². The van der Waals surface area contributed by atoms with Crippen LogP contribution >= 0.6 is 0 Å². The second kappa shape index (κ2) is 8.22. The number of ether oxygens (including phenoxy) is 2. The molecular weight excluding hydrogens is 349 g/mol. The van der Waals surface area contributed by atoms with Gasteiger partial charge in [0.05, 0.1) is 32.8 Å². The van der Waals surface area contributed by atoms with Crippen LogP contribution in [0.4, 0.5) is 10.1 Å². The van der Waals surface area contributed by atoms with Crippen LogP contribution in [0, 0.1) is 5.82 Å². The summed E-state index contributed by atoms with van der Waals surface area (Å²) in [6.45, 7) is 0.243. The monoisotopic (exact) mass is 369 g/mol. The predicted molar refractivity (Wildman–Crippen MR) is 102 cm³/mol. The van der Waals surface area contributed by atoms with Gasteiger partial charge in [-0.1, -0.05) is 6.07 Å². The number of imidazole rings is 1. The number of methoxy groups -OCH3 is 2. The summed E-state index contributed by atoms with van der Waals surface area (Å²) in [5.74, 6) is 1.05. The topological polar surface area (TPSA) is 86.7 Å². The highest BCUT2D eigenvalue weighted by Gasteiger charge is 2.07. The van der Waals surface area contributed by atoms with E-state index in [1.165, 1.54) is 6.07 Å². The first-order valence-electron chi connectivity index (χ1n) is 8.16. The van der Waals surface area contributed by atoms with E-state index in [2.05, 4.69) is 15.3 Å². The van der Waals surface area contributed by atoms with Gasteiger partial charge in [-0.3, -0.25) is 0 Å². The highest BCUT2D eigenvalue weighted by atomic mass is 19.1. The van der Waals surface area contributed by atoms with Gasteiger partial charge >= 0.3 is 0 Å². The highest BCUT2D eigenvalue weighted by Crippen LogP contribution is 2.29. The minimum atomic E-state index is -0.355. The Bertz CT molecular complexity index is 941. The zero-order valence-corrected chi connectivity index (χ0v) is 15.0. The van der Waals surface area contributed by atoms with E-state index in [9.17, 15) is 4.39 Å². The number of rotatable bonds is 6. The van der Waals surface area contributed by atoms with Gasteiger partial charge in [0.2, 0.25) is 0 Å². The molecular formula is C19H20FN5O2. The highest BCUT2D eigenvalue weighted by molar-refractivity contribution is 5.92. The molecule has 0 radical (unpaired) electrons. The van der Waals surface area contributed by atoms with Gasteiger partial charge in [0, 0.05) is 24.1 Å². The van der Waals surface area contributed by atoms with Crippen molar-refractivity contribution in [2.45, 2.75) is 6.54 Å². The molecule has 0 atom stereocenters. The lowest BCUT2D eigenvalue weighted by molar-refractivity contribution is 0.355.